The second-order valence-corrected chi connectivity index (χ2v) is 2.92. The van der Waals surface area contributed by atoms with E-state index in [2.05, 4.69) is 20.5 Å². The van der Waals surface area contributed by atoms with Gasteiger partial charge in [0.15, 0.2) is 0 Å². The Bertz CT molecular complexity index is 241. The van der Waals surface area contributed by atoms with Gasteiger partial charge in [-0.15, -0.1) is 12.4 Å². The third kappa shape index (κ3) is 2.18. The summed E-state index contributed by atoms with van der Waals surface area (Å²) >= 11 is 0. The van der Waals surface area contributed by atoms with Crippen LogP contribution in [0.2, 0.25) is 0 Å². The first-order valence-electron chi connectivity index (χ1n) is 4.01. The van der Waals surface area contributed by atoms with Crippen molar-refractivity contribution in [2.45, 2.75) is 18.6 Å². The molecule has 1 aromatic rings. The fourth-order valence-electron chi connectivity index (χ4n) is 1.47. The average molecular weight is 205 g/mol. The molecule has 0 spiro atoms. The monoisotopic (exact) mass is 204 g/mol. The number of nitrogens with zero attached hydrogens (tertiary/aromatic N) is 2. The molecule has 0 saturated carbocycles. The number of halogens is 1. The molecule has 1 aliphatic rings. The molecule has 1 aromatic heterocycles. The quantitative estimate of drug-likeness (QED) is 0.726. The lowest BCUT2D eigenvalue weighted by atomic mass is 10.2. The predicted molar refractivity (Wildman–Crippen MR) is 49.8 cm³/mol. The van der Waals surface area contributed by atoms with Crippen LogP contribution < -0.4 is 5.32 Å². The lowest BCUT2D eigenvalue weighted by molar-refractivity contribution is 0.117. The number of rotatable bonds is 2. The smallest absolute Gasteiger partial charge is 0.141 e. The first kappa shape index (κ1) is 10.4. The predicted octanol–water partition coefficient (Wildman–Crippen LogP) is 0.276. The van der Waals surface area contributed by atoms with Crippen LogP contribution in [0, 0.1) is 0 Å². The lowest BCUT2D eigenvalue weighted by Crippen LogP contribution is -2.16. The second kappa shape index (κ2) is 4.55. The van der Waals surface area contributed by atoms with Crippen LogP contribution in [0.15, 0.2) is 6.33 Å². The third-order valence-corrected chi connectivity index (χ3v) is 2.19. The van der Waals surface area contributed by atoms with Crippen LogP contribution in [-0.4, -0.2) is 34.9 Å². The van der Waals surface area contributed by atoms with E-state index in [1.165, 1.54) is 6.33 Å². The van der Waals surface area contributed by atoms with Gasteiger partial charge in [0.25, 0.3) is 0 Å². The number of hydrogen-bond donors (Lipinski definition) is 2. The van der Waals surface area contributed by atoms with Crippen LogP contribution in [0.5, 0.6) is 0 Å². The average Bonchev–Trinajstić information content (AvgIpc) is 2.75. The number of nitrogens with one attached hydrogen (secondary N) is 2. The summed E-state index contributed by atoms with van der Waals surface area (Å²) < 4.78 is 5.21. The van der Waals surface area contributed by atoms with Crippen LogP contribution in [0.1, 0.15) is 18.3 Å². The Morgan fingerprint density at radius 2 is 2.46 bits per heavy atom. The Kier molecular flexibility index (Phi) is 3.65. The molecule has 2 rings (SSSR count). The Morgan fingerprint density at radius 1 is 1.62 bits per heavy atom. The highest BCUT2D eigenvalue weighted by molar-refractivity contribution is 5.85. The molecule has 0 unspecified atom stereocenters. The largest absolute Gasteiger partial charge is 0.380 e. The fraction of sp³-hybridized carbons (Fsp3) is 0.714. The van der Waals surface area contributed by atoms with Gasteiger partial charge < -0.3 is 10.1 Å². The van der Waals surface area contributed by atoms with Gasteiger partial charge in [0.2, 0.25) is 0 Å². The van der Waals surface area contributed by atoms with Crippen molar-refractivity contribution in [1.29, 1.82) is 0 Å². The number of methoxy groups -OCH3 is 1. The van der Waals surface area contributed by atoms with Crippen LogP contribution in [0.4, 0.5) is 0 Å². The van der Waals surface area contributed by atoms with E-state index in [0.29, 0.717) is 6.10 Å². The molecule has 0 aromatic carbocycles. The van der Waals surface area contributed by atoms with Crippen molar-refractivity contribution in [3.63, 3.8) is 0 Å². The van der Waals surface area contributed by atoms with E-state index < -0.39 is 0 Å². The number of ether oxygens (including phenoxy) is 1. The maximum Gasteiger partial charge on any atom is 0.141 e. The van der Waals surface area contributed by atoms with Crippen molar-refractivity contribution in [2.24, 2.45) is 0 Å². The number of H-pyrrole nitrogens is 1. The molecule has 2 N–H and O–H groups in total. The van der Waals surface area contributed by atoms with Crippen LogP contribution in [-0.2, 0) is 4.74 Å². The topological polar surface area (TPSA) is 62.8 Å². The summed E-state index contributed by atoms with van der Waals surface area (Å²) in [6, 6.07) is 0.275. The van der Waals surface area contributed by atoms with Crippen molar-refractivity contribution >= 4 is 12.4 Å². The first-order valence-corrected chi connectivity index (χ1v) is 4.01. The van der Waals surface area contributed by atoms with E-state index in [4.69, 9.17) is 4.74 Å². The van der Waals surface area contributed by atoms with Gasteiger partial charge >= 0.3 is 0 Å². The highest BCUT2D eigenvalue weighted by Gasteiger charge is 2.26. The van der Waals surface area contributed by atoms with Gasteiger partial charge in [-0.1, -0.05) is 0 Å². The summed E-state index contributed by atoms with van der Waals surface area (Å²) in [5.41, 5.74) is 0. The minimum absolute atomic E-state index is 0. The van der Waals surface area contributed by atoms with Crippen molar-refractivity contribution in [1.82, 2.24) is 20.5 Å². The maximum absolute atomic E-state index is 5.21. The molecular formula is C7H13ClN4O. The standard InChI is InChI=1S/C7H12N4O.ClH/c1-12-5-2-6(8-3-5)7-9-4-10-11-7;/h4-6,8H,2-3H2,1H3,(H,9,10,11);1H/t5-,6+;/m1./s1. The number of aromatic nitrogens is 3. The summed E-state index contributed by atoms with van der Waals surface area (Å²) in [6.45, 7) is 0.891. The molecule has 5 nitrogen and oxygen atoms in total. The van der Waals surface area contributed by atoms with Gasteiger partial charge in [-0.25, -0.2) is 4.98 Å². The zero-order valence-corrected chi connectivity index (χ0v) is 8.17. The summed E-state index contributed by atoms with van der Waals surface area (Å²) in [5.74, 6) is 0.898. The second-order valence-electron chi connectivity index (χ2n) is 2.92. The van der Waals surface area contributed by atoms with Crippen LogP contribution in [0.25, 0.3) is 0 Å². The summed E-state index contributed by atoms with van der Waals surface area (Å²) in [4.78, 5) is 4.08. The summed E-state index contributed by atoms with van der Waals surface area (Å²) in [7, 11) is 1.73. The fourth-order valence-corrected chi connectivity index (χ4v) is 1.47. The van der Waals surface area contributed by atoms with Crippen molar-refractivity contribution < 1.29 is 4.74 Å². The minimum atomic E-state index is 0. The van der Waals surface area contributed by atoms with Crippen LogP contribution in [0.3, 0.4) is 0 Å². The Labute approximate surface area is 82.7 Å². The molecule has 0 amide bonds. The molecule has 0 bridgehead atoms. The van der Waals surface area contributed by atoms with Gasteiger partial charge in [0.1, 0.15) is 12.2 Å². The molecule has 74 valence electrons. The van der Waals surface area contributed by atoms with Crippen molar-refractivity contribution in [2.75, 3.05) is 13.7 Å². The highest BCUT2D eigenvalue weighted by atomic mass is 35.5. The zero-order chi connectivity index (χ0) is 8.39. The number of aromatic amines is 1. The minimum Gasteiger partial charge on any atom is -0.380 e. The molecule has 0 aliphatic carbocycles. The summed E-state index contributed by atoms with van der Waals surface area (Å²) in [6.07, 6.45) is 2.79. The highest BCUT2D eigenvalue weighted by Crippen LogP contribution is 2.20. The maximum atomic E-state index is 5.21. The molecule has 6 heteroatoms. The lowest BCUT2D eigenvalue weighted by Gasteiger charge is -2.05. The molecule has 1 aliphatic heterocycles. The molecule has 2 heterocycles. The van der Waals surface area contributed by atoms with Crippen molar-refractivity contribution in [3.05, 3.63) is 12.2 Å². The van der Waals surface area contributed by atoms with Gasteiger partial charge in [0.05, 0.1) is 12.1 Å². The molecule has 1 fully saturated rings. The SMILES string of the molecule is CO[C@H]1CN[C@H](c2ncn[nH]2)C1.Cl. The zero-order valence-electron chi connectivity index (χ0n) is 7.36. The Hall–Kier alpha value is -0.650. The third-order valence-electron chi connectivity index (χ3n) is 2.19. The number of hydrogen-bond acceptors (Lipinski definition) is 4. The molecule has 2 atom stereocenters. The van der Waals surface area contributed by atoms with E-state index in [-0.39, 0.29) is 18.4 Å². The van der Waals surface area contributed by atoms with E-state index in [1.807, 2.05) is 0 Å². The molecular weight excluding hydrogens is 192 g/mol. The van der Waals surface area contributed by atoms with Crippen molar-refractivity contribution in [3.8, 4) is 0 Å². The van der Waals surface area contributed by atoms with E-state index in [9.17, 15) is 0 Å². The molecule has 0 radical (unpaired) electrons. The Balaban J connectivity index is 0.000000845. The normalized spacial score (nSPS) is 27.2. The van der Waals surface area contributed by atoms with E-state index in [1.54, 1.807) is 7.11 Å². The van der Waals surface area contributed by atoms with Crippen LogP contribution >= 0.6 is 12.4 Å². The van der Waals surface area contributed by atoms with Gasteiger partial charge in [-0.3, -0.25) is 5.10 Å². The van der Waals surface area contributed by atoms with Gasteiger partial charge in [-0.05, 0) is 6.42 Å². The summed E-state index contributed by atoms with van der Waals surface area (Å²) in [5, 5.41) is 9.95. The van der Waals surface area contributed by atoms with E-state index in [0.717, 1.165) is 18.8 Å². The molecule has 1 saturated heterocycles. The van der Waals surface area contributed by atoms with Gasteiger partial charge in [-0.2, -0.15) is 5.10 Å². The van der Waals surface area contributed by atoms with E-state index >= 15 is 0 Å². The Morgan fingerprint density at radius 3 is 3.00 bits per heavy atom. The first-order chi connectivity index (χ1) is 5.90. The molecule has 13 heavy (non-hydrogen) atoms. The van der Waals surface area contributed by atoms with Gasteiger partial charge in [0, 0.05) is 13.7 Å².